The van der Waals surface area contributed by atoms with Gasteiger partial charge in [0.15, 0.2) is 0 Å². The Kier molecular flexibility index (Phi) is 3.26. The quantitative estimate of drug-likeness (QED) is 0.839. The average Bonchev–Trinajstić information content (AvgIpc) is 2.65. The van der Waals surface area contributed by atoms with E-state index >= 15 is 0 Å². The van der Waals surface area contributed by atoms with Gasteiger partial charge < -0.3 is 5.73 Å². The van der Waals surface area contributed by atoms with E-state index in [0.29, 0.717) is 5.41 Å². The van der Waals surface area contributed by atoms with Crippen LogP contribution < -0.4 is 5.73 Å². The first-order chi connectivity index (χ1) is 7.61. The summed E-state index contributed by atoms with van der Waals surface area (Å²) >= 11 is 0. The molecule has 1 aromatic rings. The number of pyridine rings is 1. The molecule has 1 unspecified atom stereocenters. The maximum atomic E-state index is 5.80. The van der Waals surface area contributed by atoms with E-state index in [4.69, 9.17) is 5.73 Å². The van der Waals surface area contributed by atoms with Crippen molar-refractivity contribution in [1.29, 1.82) is 0 Å². The van der Waals surface area contributed by atoms with Gasteiger partial charge in [-0.3, -0.25) is 9.88 Å². The zero-order valence-electron chi connectivity index (χ0n) is 10.2. The van der Waals surface area contributed by atoms with Crippen LogP contribution in [0.25, 0.3) is 0 Å². The molecule has 0 saturated carbocycles. The van der Waals surface area contributed by atoms with Gasteiger partial charge in [0.1, 0.15) is 0 Å². The molecule has 16 heavy (non-hydrogen) atoms. The molecule has 1 aromatic heterocycles. The Bertz CT molecular complexity index is 347. The van der Waals surface area contributed by atoms with Gasteiger partial charge >= 0.3 is 0 Å². The minimum atomic E-state index is 0.310. The summed E-state index contributed by atoms with van der Waals surface area (Å²) in [5.41, 5.74) is 8.49. The lowest BCUT2D eigenvalue weighted by Gasteiger charge is -2.22. The van der Waals surface area contributed by atoms with Crippen LogP contribution in [0.3, 0.4) is 0 Å². The summed E-state index contributed by atoms with van der Waals surface area (Å²) in [6, 6.07) is 4.24. The first-order valence-corrected chi connectivity index (χ1v) is 5.95. The summed E-state index contributed by atoms with van der Waals surface area (Å²) in [4.78, 5) is 6.89. The predicted molar refractivity (Wildman–Crippen MR) is 66.0 cm³/mol. The number of aryl methyl sites for hydroxylation is 1. The lowest BCUT2D eigenvalue weighted by molar-refractivity contribution is 0.272. The second kappa shape index (κ2) is 4.52. The largest absolute Gasteiger partial charge is 0.330 e. The molecule has 0 spiro atoms. The van der Waals surface area contributed by atoms with Gasteiger partial charge in [0.25, 0.3) is 0 Å². The van der Waals surface area contributed by atoms with Crippen LogP contribution in [0.4, 0.5) is 0 Å². The molecule has 2 heterocycles. The Morgan fingerprint density at radius 1 is 1.50 bits per heavy atom. The van der Waals surface area contributed by atoms with Crippen LogP contribution in [0.5, 0.6) is 0 Å². The van der Waals surface area contributed by atoms with Crippen LogP contribution in [0, 0.1) is 12.3 Å². The highest BCUT2D eigenvalue weighted by Crippen LogP contribution is 2.29. The van der Waals surface area contributed by atoms with Crippen molar-refractivity contribution in [2.75, 3.05) is 19.6 Å². The summed E-state index contributed by atoms with van der Waals surface area (Å²) in [6.45, 7) is 8.32. The van der Waals surface area contributed by atoms with Crippen molar-refractivity contribution < 1.29 is 0 Å². The molecule has 1 atom stereocenters. The second-order valence-electron chi connectivity index (χ2n) is 5.30. The van der Waals surface area contributed by atoms with E-state index in [2.05, 4.69) is 35.9 Å². The SMILES string of the molecule is Cc1ccc(CN2CCC(C)(CN)C2)nc1. The smallest absolute Gasteiger partial charge is 0.0544 e. The first kappa shape index (κ1) is 11.6. The molecule has 3 nitrogen and oxygen atoms in total. The third-order valence-electron chi connectivity index (χ3n) is 3.49. The molecule has 0 aliphatic carbocycles. The summed E-state index contributed by atoms with van der Waals surface area (Å²) in [6.07, 6.45) is 3.14. The third-order valence-corrected chi connectivity index (χ3v) is 3.49. The number of hydrogen-bond acceptors (Lipinski definition) is 3. The van der Waals surface area contributed by atoms with Crippen LogP contribution in [-0.2, 0) is 6.54 Å². The van der Waals surface area contributed by atoms with Gasteiger partial charge in [0.05, 0.1) is 5.69 Å². The fourth-order valence-electron chi connectivity index (χ4n) is 2.25. The Balaban J connectivity index is 1.94. The zero-order chi connectivity index (χ0) is 11.6. The van der Waals surface area contributed by atoms with Crippen LogP contribution in [0.2, 0.25) is 0 Å². The molecule has 3 heteroatoms. The number of aromatic nitrogens is 1. The summed E-state index contributed by atoms with van der Waals surface area (Å²) in [5.74, 6) is 0. The summed E-state index contributed by atoms with van der Waals surface area (Å²) in [7, 11) is 0. The van der Waals surface area contributed by atoms with Crippen molar-refractivity contribution in [2.24, 2.45) is 11.1 Å². The van der Waals surface area contributed by atoms with E-state index < -0.39 is 0 Å². The van der Waals surface area contributed by atoms with Crippen LogP contribution >= 0.6 is 0 Å². The Morgan fingerprint density at radius 3 is 2.88 bits per heavy atom. The Morgan fingerprint density at radius 2 is 2.31 bits per heavy atom. The van der Waals surface area contributed by atoms with Crippen molar-refractivity contribution in [3.05, 3.63) is 29.6 Å². The van der Waals surface area contributed by atoms with E-state index in [1.807, 2.05) is 6.20 Å². The number of likely N-dealkylation sites (tertiary alicyclic amines) is 1. The molecule has 1 saturated heterocycles. The highest BCUT2D eigenvalue weighted by molar-refractivity contribution is 5.12. The van der Waals surface area contributed by atoms with Gasteiger partial charge in [-0.1, -0.05) is 13.0 Å². The highest BCUT2D eigenvalue weighted by Gasteiger charge is 2.32. The molecular weight excluding hydrogens is 198 g/mol. The monoisotopic (exact) mass is 219 g/mol. The molecular formula is C13H21N3. The normalized spacial score (nSPS) is 26.2. The molecule has 1 fully saturated rings. The number of nitrogens with two attached hydrogens (primary N) is 1. The van der Waals surface area contributed by atoms with E-state index in [9.17, 15) is 0 Å². The first-order valence-electron chi connectivity index (χ1n) is 5.95. The van der Waals surface area contributed by atoms with Gasteiger partial charge in [0, 0.05) is 19.3 Å². The maximum absolute atomic E-state index is 5.80. The van der Waals surface area contributed by atoms with Crippen molar-refractivity contribution >= 4 is 0 Å². The zero-order valence-corrected chi connectivity index (χ0v) is 10.2. The minimum absolute atomic E-state index is 0.310. The van der Waals surface area contributed by atoms with Gasteiger partial charge in [-0.2, -0.15) is 0 Å². The Hall–Kier alpha value is -0.930. The van der Waals surface area contributed by atoms with Crippen molar-refractivity contribution in [1.82, 2.24) is 9.88 Å². The van der Waals surface area contributed by atoms with Gasteiger partial charge in [-0.25, -0.2) is 0 Å². The molecule has 2 rings (SSSR count). The lowest BCUT2D eigenvalue weighted by atomic mass is 9.90. The molecule has 0 aromatic carbocycles. The van der Waals surface area contributed by atoms with Gasteiger partial charge in [-0.05, 0) is 43.5 Å². The van der Waals surface area contributed by atoms with E-state index in [-0.39, 0.29) is 0 Å². The van der Waals surface area contributed by atoms with Crippen LogP contribution in [0.1, 0.15) is 24.6 Å². The molecule has 88 valence electrons. The van der Waals surface area contributed by atoms with Crippen molar-refractivity contribution in [3.8, 4) is 0 Å². The fraction of sp³-hybridized carbons (Fsp3) is 0.615. The number of hydrogen-bond donors (Lipinski definition) is 1. The molecule has 0 bridgehead atoms. The van der Waals surface area contributed by atoms with Crippen LogP contribution in [-0.4, -0.2) is 29.5 Å². The third kappa shape index (κ3) is 2.60. The molecule has 1 aliphatic rings. The minimum Gasteiger partial charge on any atom is -0.330 e. The van der Waals surface area contributed by atoms with Crippen molar-refractivity contribution in [2.45, 2.75) is 26.8 Å². The fourth-order valence-corrected chi connectivity index (χ4v) is 2.25. The Labute approximate surface area is 97.7 Å². The standard InChI is InChI=1S/C13H21N3/c1-11-3-4-12(15-7-11)8-16-6-5-13(2,9-14)10-16/h3-4,7H,5-6,8-10,14H2,1-2H3. The molecule has 0 radical (unpaired) electrons. The van der Waals surface area contributed by atoms with E-state index in [1.54, 1.807) is 0 Å². The van der Waals surface area contributed by atoms with E-state index in [1.165, 1.54) is 12.0 Å². The maximum Gasteiger partial charge on any atom is 0.0544 e. The lowest BCUT2D eigenvalue weighted by Crippen LogP contribution is -2.31. The predicted octanol–water partition coefficient (Wildman–Crippen LogP) is 1.56. The van der Waals surface area contributed by atoms with Gasteiger partial charge in [-0.15, -0.1) is 0 Å². The topological polar surface area (TPSA) is 42.1 Å². The van der Waals surface area contributed by atoms with Gasteiger partial charge in [0.2, 0.25) is 0 Å². The number of rotatable bonds is 3. The van der Waals surface area contributed by atoms with E-state index in [0.717, 1.165) is 31.9 Å². The molecule has 0 amide bonds. The highest BCUT2D eigenvalue weighted by atomic mass is 15.2. The molecule has 1 aliphatic heterocycles. The molecule has 2 N–H and O–H groups in total. The van der Waals surface area contributed by atoms with Crippen molar-refractivity contribution in [3.63, 3.8) is 0 Å². The summed E-state index contributed by atoms with van der Waals surface area (Å²) in [5, 5.41) is 0. The second-order valence-corrected chi connectivity index (χ2v) is 5.30. The average molecular weight is 219 g/mol. The number of nitrogens with zero attached hydrogens (tertiary/aromatic N) is 2. The van der Waals surface area contributed by atoms with Crippen LogP contribution in [0.15, 0.2) is 18.3 Å². The summed E-state index contributed by atoms with van der Waals surface area (Å²) < 4.78 is 0.